The molecule has 1 N–H and O–H groups in total. The first-order valence-corrected chi connectivity index (χ1v) is 9.01. The highest BCUT2D eigenvalue weighted by atomic mass is 19.1. The molecule has 0 spiro atoms. The summed E-state index contributed by atoms with van der Waals surface area (Å²) in [6.45, 7) is -1.24. The summed E-state index contributed by atoms with van der Waals surface area (Å²) in [5.41, 5.74) is 1.79. The molecule has 5 nitrogen and oxygen atoms in total. The van der Waals surface area contributed by atoms with Crippen LogP contribution in [0.15, 0.2) is 72.8 Å². The van der Waals surface area contributed by atoms with Gasteiger partial charge in [-0.25, -0.2) is 8.78 Å². The number of halogens is 2. The van der Waals surface area contributed by atoms with E-state index < -0.39 is 48.0 Å². The van der Waals surface area contributed by atoms with Gasteiger partial charge in [-0.15, -0.1) is 0 Å². The number of hydrogen-bond donors (Lipinski definition) is 1. The number of esters is 1. The van der Waals surface area contributed by atoms with E-state index >= 15 is 0 Å². The Hall–Kier alpha value is -3.87. The lowest BCUT2D eigenvalue weighted by Gasteiger charge is -2.08. The second-order valence-electron chi connectivity index (χ2n) is 6.33. The molecule has 152 valence electrons. The molecule has 3 aromatic carbocycles. The lowest BCUT2D eigenvalue weighted by atomic mass is 10.0. The standard InChI is InChI=1S/C23H17F2NO4/c24-18-10-11-20(25)19(12-18)21(27)14-30-22(28)13-26-23(29)17-8-6-16(7-9-17)15-4-2-1-3-5-15/h1-12H,13-14H2,(H,26,29). The average Bonchev–Trinajstić information content (AvgIpc) is 2.78. The molecule has 0 aromatic heterocycles. The normalized spacial score (nSPS) is 10.3. The number of ketones is 1. The van der Waals surface area contributed by atoms with Crippen molar-refractivity contribution in [3.8, 4) is 11.1 Å². The zero-order chi connectivity index (χ0) is 21.5. The zero-order valence-electron chi connectivity index (χ0n) is 15.7. The summed E-state index contributed by atoms with van der Waals surface area (Å²) in [5, 5.41) is 2.38. The zero-order valence-corrected chi connectivity index (χ0v) is 15.7. The minimum absolute atomic E-state index is 0.348. The number of ether oxygens (including phenoxy) is 1. The molecule has 1 amide bonds. The number of rotatable bonds is 7. The van der Waals surface area contributed by atoms with Gasteiger partial charge in [-0.05, 0) is 41.5 Å². The molecule has 0 heterocycles. The van der Waals surface area contributed by atoms with Gasteiger partial charge in [0.15, 0.2) is 6.61 Å². The summed E-state index contributed by atoms with van der Waals surface area (Å²) in [5.74, 6) is -3.95. The van der Waals surface area contributed by atoms with Gasteiger partial charge in [-0.2, -0.15) is 0 Å². The van der Waals surface area contributed by atoms with Crippen LogP contribution in [0.1, 0.15) is 20.7 Å². The molecule has 0 saturated heterocycles. The summed E-state index contributed by atoms with van der Waals surface area (Å²) in [7, 11) is 0. The predicted octanol–water partition coefficient (Wildman–Crippen LogP) is 3.79. The van der Waals surface area contributed by atoms with Gasteiger partial charge in [0.1, 0.15) is 18.2 Å². The highest BCUT2D eigenvalue weighted by Gasteiger charge is 2.16. The van der Waals surface area contributed by atoms with Crippen molar-refractivity contribution >= 4 is 17.7 Å². The van der Waals surface area contributed by atoms with Crippen LogP contribution in [0.3, 0.4) is 0 Å². The van der Waals surface area contributed by atoms with E-state index in [1.54, 1.807) is 24.3 Å². The quantitative estimate of drug-likeness (QED) is 0.476. The van der Waals surface area contributed by atoms with Crippen molar-refractivity contribution in [1.82, 2.24) is 5.32 Å². The van der Waals surface area contributed by atoms with E-state index in [4.69, 9.17) is 4.74 Å². The Morgan fingerprint density at radius 2 is 1.50 bits per heavy atom. The van der Waals surface area contributed by atoms with E-state index in [0.717, 1.165) is 29.3 Å². The SMILES string of the molecule is O=C(CNC(=O)c1ccc(-c2ccccc2)cc1)OCC(=O)c1cc(F)ccc1F. The molecule has 30 heavy (non-hydrogen) atoms. The molecule has 7 heteroatoms. The molecule has 0 aliphatic heterocycles. The Morgan fingerprint density at radius 1 is 0.833 bits per heavy atom. The van der Waals surface area contributed by atoms with E-state index in [9.17, 15) is 23.2 Å². The van der Waals surface area contributed by atoms with Crippen LogP contribution >= 0.6 is 0 Å². The molecular weight excluding hydrogens is 392 g/mol. The molecule has 0 fully saturated rings. The van der Waals surface area contributed by atoms with Crippen LogP contribution in [-0.2, 0) is 9.53 Å². The van der Waals surface area contributed by atoms with E-state index in [0.29, 0.717) is 5.56 Å². The first-order valence-electron chi connectivity index (χ1n) is 9.01. The van der Waals surface area contributed by atoms with Crippen molar-refractivity contribution in [2.24, 2.45) is 0 Å². The van der Waals surface area contributed by atoms with Crippen molar-refractivity contribution in [1.29, 1.82) is 0 Å². The van der Waals surface area contributed by atoms with Crippen LogP contribution in [0.5, 0.6) is 0 Å². The highest BCUT2D eigenvalue weighted by molar-refractivity contribution is 5.99. The van der Waals surface area contributed by atoms with E-state index in [1.807, 2.05) is 30.3 Å². The van der Waals surface area contributed by atoms with Crippen LogP contribution in [0.2, 0.25) is 0 Å². The van der Waals surface area contributed by atoms with Gasteiger partial charge in [0.05, 0.1) is 5.56 Å². The van der Waals surface area contributed by atoms with Gasteiger partial charge in [0.25, 0.3) is 5.91 Å². The Balaban J connectivity index is 1.49. The van der Waals surface area contributed by atoms with Crippen molar-refractivity contribution in [2.45, 2.75) is 0 Å². The number of carbonyl (C=O) groups excluding carboxylic acids is 3. The second-order valence-corrected chi connectivity index (χ2v) is 6.33. The number of amides is 1. The predicted molar refractivity (Wildman–Crippen MR) is 106 cm³/mol. The maximum atomic E-state index is 13.5. The molecule has 3 aromatic rings. The van der Waals surface area contributed by atoms with Crippen molar-refractivity contribution in [3.05, 3.63) is 95.6 Å². The molecule has 0 unspecified atom stereocenters. The van der Waals surface area contributed by atoms with Crippen LogP contribution in [0.25, 0.3) is 11.1 Å². The molecule has 0 saturated carbocycles. The van der Waals surface area contributed by atoms with Gasteiger partial charge in [0, 0.05) is 5.56 Å². The molecule has 0 bridgehead atoms. The lowest BCUT2D eigenvalue weighted by Crippen LogP contribution is -2.31. The minimum Gasteiger partial charge on any atom is -0.456 e. The third kappa shape index (κ3) is 5.35. The molecule has 0 atom stereocenters. The van der Waals surface area contributed by atoms with Gasteiger partial charge in [-0.3, -0.25) is 14.4 Å². The Bertz CT molecular complexity index is 1070. The van der Waals surface area contributed by atoms with Crippen molar-refractivity contribution < 1.29 is 27.9 Å². The monoisotopic (exact) mass is 409 g/mol. The number of carbonyl (C=O) groups is 3. The Labute approximate surface area is 171 Å². The summed E-state index contributed by atoms with van der Waals surface area (Å²) >= 11 is 0. The first kappa shape index (κ1) is 20.9. The molecule has 0 radical (unpaired) electrons. The van der Waals surface area contributed by atoms with Gasteiger partial charge in [0.2, 0.25) is 5.78 Å². The van der Waals surface area contributed by atoms with Crippen LogP contribution in [-0.4, -0.2) is 30.8 Å². The largest absolute Gasteiger partial charge is 0.456 e. The topological polar surface area (TPSA) is 72.5 Å². The fourth-order valence-corrected chi connectivity index (χ4v) is 2.69. The van der Waals surface area contributed by atoms with Crippen molar-refractivity contribution in [3.63, 3.8) is 0 Å². The van der Waals surface area contributed by atoms with E-state index in [1.165, 1.54) is 0 Å². The molecular formula is C23H17F2NO4. The maximum absolute atomic E-state index is 13.5. The van der Waals surface area contributed by atoms with Crippen LogP contribution < -0.4 is 5.32 Å². The first-order chi connectivity index (χ1) is 14.4. The minimum atomic E-state index is -0.912. The lowest BCUT2D eigenvalue weighted by molar-refractivity contribution is -0.141. The Kier molecular flexibility index (Phi) is 6.64. The fraction of sp³-hybridized carbons (Fsp3) is 0.0870. The molecule has 0 aliphatic carbocycles. The third-order valence-electron chi connectivity index (χ3n) is 4.24. The highest BCUT2D eigenvalue weighted by Crippen LogP contribution is 2.19. The van der Waals surface area contributed by atoms with Gasteiger partial charge >= 0.3 is 5.97 Å². The summed E-state index contributed by atoms with van der Waals surface area (Å²) in [6.07, 6.45) is 0. The maximum Gasteiger partial charge on any atom is 0.325 e. The number of Topliss-reactive ketones (excluding diaryl/α,β-unsaturated/α-hetero) is 1. The number of hydrogen-bond acceptors (Lipinski definition) is 4. The summed E-state index contributed by atoms with van der Waals surface area (Å²) in [6, 6.07) is 18.9. The Morgan fingerprint density at radius 3 is 2.20 bits per heavy atom. The third-order valence-corrected chi connectivity index (χ3v) is 4.24. The molecule has 0 aliphatic rings. The van der Waals surface area contributed by atoms with E-state index in [2.05, 4.69) is 5.32 Å². The average molecular weight is 409 g/mol. The number of benzene rings is 3. The number of nitrogens with one attached hydrogen (secondary N) is 1. The summed E-state index contributed by atoms with van der Waals surface area (Å²) < 4.78 is 31.4. The second kappa shape index (κ2) is 9.56. The summed E-state index contributed by atoms with van der Waals surface area (Å²) in [4.78, 5) is 35.8. The van der Waals surface area contributed by atoms with Crippen LogP contribution in [0.4, 0.5) is 8.78 Å². The van der Waals surface area contributed by atoms with E-state index in [-0.39, 0.29) is 0 Å². The molecule has 3 rings (SSSR count). The van der Waals surface area contributed by atoms with Gasteiger partial charge in [-0.1, -0.05) is 42.5 Å². The van der Waals surface area contributed by atoms with Crippen molar-refractivity contribution in [2.75, 3.05) is 13.2 Å². The van der Waals surface area contributed by atoms with Crippen LogP contribution in [0, 0.1) is 11.6 Å². The smallest absolute Gasteiger partial charge is 0.325 e. The fourth-order valence-electron chi connectivity index (χ4n) is 2.69. The van der Waals surface area contributed by atoms with Gasteiger partial charge < -0.3 is 10.1 Å².